The zero-order valence-corrected chi connectivity index (χ0v) is 23.1. The van der Waals surface area contributed by atoms with Gasteiger partial charge in [0.25, 0.3) is 0 Å². The molecule has 4 atom stereocenters. The number of benzene rings is 1. The maximum Gasteiger partial charge on any atom is 0.240 e. The molecule has 0 spiro atoms. The van der Waals surface area contributed by atoms with Crippen LogP contribution in [0.5, 0.6) is 0 Å². The number of nitrogens with zero attached hydrogens (tertiary/aromatic N) is 2. The summed E-state index contributed by atoms with van der Waals surface area (Å²) in [7, 11) is 0. The lowest BCUT2D eigenvalue weighted by Crippen LogP contribution is -2.55. The van der Waals surface area contributed by atoms with E-state index in [1.54, 1.807) is 0 Å². The average molecular weight is 517 g/mol. The quantitative estimate of drug-likeness (QED) is 0.510. The predicted octanol–water partition coefficient (Wildman–Crippen LogP) is 4.40. The number of halogens is 1. The summed E-state index contributed by atoms with van der Waals surface area (Å²) in [6, 6.07) is 8.56. The maximum absolute atomic E-state index is 13.9. The van der Waals surface area contributed by atoms with Crippen molar-refractivity contribution in [2.24, 2.45) is 5.92 Å². The van der Waals surface area contributed by atoms with Crippen LogP contribution in [0, 0.1) is 5.92 Å². The van der Waals surface area contributed by atoms with Crippen LogP contribution >= 0.6 is 11.6 Å². The molecule has 1 saturated carbocycles. The number of carbonyl (C=O) groups excluding carboxylic acids is 2. The first kappa shape index (κ1) is 27.4. The van der Waals surface area contributed by atoms with Gasteiger partial charge in [0.05, 0.1) is 12.1 Å². The summed E-state index contributed by atoms with van der Waals surface area (Å²) in [5, 5.41) is 7.96. The molecule has 7 heteroatoms. The molecule has 2 heterocycles. The Labute approximate surface area is 222 Å². The van der Waals surface area contributed by atoms with Crippen LogP contribution in [0.4, 0.5) is 0 Å². The molecule has 3 fully saturated rings. The van der Waals surface area contributed by atoms with Crippen molar-refractivity contribution in [3.05, 3.63) is 34.9 Å². The number of amides is 2. The third-order valence-corrected chi connectivity index (χ3v) is 8.65. The van der Waals surface area contributed by atoms with E-state index in [4.69, 9.17) is 11.6 Å². The fraction of sp³-hybridized carbons (Fsp3) is 0.724. The van der Waals surface area contributed by atoms with Crippen LogP contribution in [0.3, 0.4) is 0 Å². The van der Waals surface area contributed by atoms with Crippen LogP contribution < -0.4 is 10.6 Å². The number of nitrogens with one attached hydrogen (secondary N) is 2. The Morgan fingerprint density at radius 3 is 2.39 bits per heavy atom. The van der Waals surface area contributed by atoms with Gasteiger partial charge in [-0.25, -0.2) is 0 Å². The standard InChI is InChI=1S/C29H45ClN4O2/c1-20(2)28(35)34(24-8-5-4-6-9-24)25-15-17-33(19-25)29(36)27(18-22-11-13-23(30)14-12-22)32-21(3)26-10-7-16-31-26/h11-14,20-21,24-27,31-32H,4-10,15-19H2,1-3H3/t21?,25-,26+,27+/m0/s1. The second-order valence-electron chi connectivity index (χ2n) is 11.5. The van der Waals surface area contributed by atoms with Gasteiger partial charge in [0, 0.05) is 42.2 Å². The predicted molar refractivity (Wildman–Crippen MR) is 146 cm³/mol. The number of likely N-dealkylation sites (tertiary alicyclic amines) is 1. The lowest BCUT2D eigenvalue weighted by atomic mass is 9.92. The van der Waals surface area contributed by atoms with Crippen LogP contribution in [0.2, 0.25) is 5.02 Å². The molecule has 3 aliphatic rings. The number of rotatable bonds is 9. The summed E-state index contributed by atoms with van der Waals surface area (Å²) in [6.45, 7) is 8.59. The summed E-state index contributed by atoms with van der Waals surface area (Å²) in [6.07, 6.45) is 9.66. The largest absolute Gasteiger partial charge is 0.339 e. The van der Waals surface area contributed by atoms with E-state index >= 15 is 0 Å². The fourth-order valence-corrected chi connectivity index (χ4v) is 6.48. The molecule has 2 saturated heterocycles. The summed E-state index contributed by atoms with van der Waals surface area (Å²) < 4.78 is 0. The Hall–Kier alpha value is -1.63. The fourth-order valence-electron chi connectivity index (χ4n) is 6.35. The summed E-state index contributed by atoms with van der Waals surface area (Å²) in [4.78, 5) is 31.4. The molecule has 1 aromatic carbocycles. The highest BCUT2D eigenvalue weighted by Gasteiger charge is 2.39. The molecule has 1 aromatic rings. The molecule has 0 radical (unpaired) electrons. The number of hydrogen-bond donors (Lipinski definition) is 2. The van der Waals surface area contributed by atoms with E-state index in [9.17, 15) is 9.59 Å². The molecule has 6 nitrogen and oxygen atoms in total. The van der Waals surface area contributed by atoms with Gasteiger partial charge in [0.1, 0.15) is 0 Å². The first-order chi connectivity index (χ1) is 17.3. The molecule has 200 valence electrons. The minimum absolute atomic E-state index is 0.0178. The van der Waals surface area contributed by atoms with Crippen molar-refractivity contribution < 1.29 is 9.59 Å². The van der Waals surface area contributed by atoms with Crippen molar-refractivity contribution in [3.8, 4) is 0 Å². The Kier molecular flexibility index (Phi) is 9.71. The first-order valence-corrected chi connectivity index (χ1v) is 14.6. The van der Waals surface area contributed by atoms with E-state index < -0.39 is 0 Å². The van der Waals surface area contributed by atoms with Crippen molar-refractivity contribution in [1.29, 1.82) is 0 Å². The molecule has 36 heavy (non-hydrogen) atoms. The molecule has 2 aliphatic heterocycles. The van der Waals surface area contributed by atoms with Crippen molar-refractivity contribution in [2.75, 3.05) is 19.6 Å². The van der Waals surface area contributed by atoms with Gasteiger partial charge in [-0.05, 0) is 69.7 Å². The van der Waals surface area contributed by atoms with Crippen molar-refractivity contribution >= 4 is 23.4 Å². The summed E-state index contributed by atoms with van der Waals surface area (Å²) in [5.41, 5.74) is 1.10. The van der Waals surface area contributed by atoms with E-state index in [1.807, 2.05) is 43.0 Å². The first-order valence-electron chi connectivity index (χ1n) is 14.2. The molecule has 4 rings (SSSR count). The van der Waals surface area contributed by atoms with Crippen LogP contribution in [-0.4, -0.2) is 71.5 Å². The summed E-state index contributed by atoms with van der Waals surface area (Å²) >= 11 is 6.11. The highest BCUT2D eigenvalue weighted by atomic mass is 35.5. The Balaban J connectivity index is 1.47. The van der Waals surface area contributed by atoms with Gasteiger partial charge in [-0.2, -0.15) is 0 Å². The maximum atomic E-state index is 13.9. The van der Waals surface area contributed by atoms with E-state index in [0.717, 1.165) is 37.8 Å². The van der Waals surface area contributed by atoms with Crippen LogP contribution in [-0.2, 0) is 16.0 Å². The van der Waals surface area contributed by atoms with Gasteiger partial charge in [-0.3, -0.25) is 9.59 Å². The van der Waals surface area contributed by atoms with E-state index in [0.29, 0.717) is 36.6 Å². The third-order valence-electron chi connectivity index (χ3n) is 8.40. The lowest BCUT2D eigenvalue weighted by molar-refractivity contribution is -0.141. The monoisotopic (exact) mass is 516 g/mol. The van der Waals surface area contributed by atoms with Crippen molar-refractivity contribution in [1.82, 2.24) is 20.4 Å². The normalized spacial score (nSPS) is 24.8. The second kappa shape index (κ2) is 12.7. The lowest BCUT2D eigenvalue weighted by Gasteiger charge is -2.40. The van der Waals surface area contributed by atoms with Gasteiger partial charge in [0.15, 0.2) is 0 Å². The van der Waals surface area contributed by atoms with Crippen molar-refractivity contribution in [3.63, 3.8) is 0 Å². The van der Waals surface area contributed by atoms with Crippen molar-refractivity contribution in [2.45, 2.75) is 109 Å². The highest BCUT2D eigenvalue weighted by molar-refractivity contribution is 6.30. The molecule has 0 aromatic heterocycles. The molecule has 1 unspecified atom stereocenters. The zero-order chi connectivity index (χ0) is 25.7. The van der Waals surface area contributed by atoms with Crippen LogP contribution in [0.25, 0.3) is 0 Å². The van der Waals surface area contributed by atoms with Gasteiger partial charge < -0.3 is 20.4 Å². The highest BCUT2D eigenvalue weighted by Crippen LogP contribution is 2.29. The molecular weight excluding hydrogens is 472 g/mol. The molecule has 0 bridgehead atoms. The van der Waals surface area contributed by atoms with E-state index in [2.05, 4.69) is 22.5 Å². The Morgan fingerprint density at radius 1 is 1.03 bits per heavy atom. The minimum Gasteiger partial charge on any atom is -0.339 e. The van der Waals surface area contributed by atoms with E-state index in [-0.39, 0.29) is 35.9 Å². The second-order valence-corrected chi connectivity index (χ2v) is 11.9. The van der Waals surface area contributed by atoms with E-state index in [1.165, 1.54) is 25.7 Å². The van der Waals surface area contributed by atoms with Gasteiger partial charge in [0.2, 0.25) is 11.8 Å². The topological polar surface area (TPSA) is 64.7 Å². The van der Waals surface area contributed by atoms with Crippen LogP contribution in [0.15, 0.2) is 24.3 Å². The smallest absolute Gasteiger partial charge is 0.240 e. The third kappa shape index (κ3) is 6.81. The SMILES string of the molecule is CC(C)C(=O)N(C1CCCCC1)[C@H]1CCN(C(=O)[C@@H](Cc2ccc(Cl)cc2)NC(C)[C@H]2CCCN2)C1. The Bertz CT molecular complexity index is 865. The van der Waals surface area contributed by atoms with Crippen LogP contribution in [0.1, 0.15) is 77.7 Å². The zero-order valence-electron chi connectivity index (χ0n) is 22.3. The minimum atomic E-state index is -0.300. The molecule has 1 aliphatic carbocycles. The van der Waals surface area contributed by atoms with Gasteiger partial charge in [-0.15, -0.1) is 0 Å². The van der Waals surface area contributed by atoms with Gasteiger partial charge in [-0.1, -0.05) is 56.8 Å². The molecular formula is C29H45ClN4O2. The molecule has 2 N–H and O–H groups in total. The average Bonchev–Trinajstić information content (AvgIpc) is 3.58. The molecule has 2 amide bonds. The Morgan fingerprint density at radius 2 is 1.75 bits per heavy atom. The van der Waals surface area contributed by atoms with Gasteiger partial charge >= 0.3 is 0 Å². The number of hydrogen-bond acceptors (Lipinski definition) is 4. The number of carbonyl (C=O) groups is 2. The summed E-state index contributed by atoms with van der Waals surface area (Å²) in [5.74, 6) is 0.381.